The molecule has 2 rings (SSSR count). The van der Waals surface area contributed by atoms with Crippen LogP contribution in [0.1, 0.15) is 30.5 Å². The Balaban J connectivity index is 1.99. The average Bonchev–Trinajstić information content (AvgIpc) is 2.71. The van der Waals surface area contributed by atoms with E-state index in [-0.39, 0.29) is 11.9 Å². The van der Waals surface area contributed by atoms with Gasteiger partial charge in [0, 0.05) is 12.0 Å². The number of benzene rings is 2. The molecule has 0 aliphatic heterocycles. The van der Waals surface area contributed by atoms with Gasteiger partial charge in [0.25, 0.3) is 0 Å². The van der Waals surface area contributed by atoms with Crippen LogP contribution in [0, 0.1) is 0 Å². The second-order valence-electron chi connectivity index (χ2n) is 6.09. The van der Waals surface area contributed by atoms with Crippen molar-refractivity contribution in [2.24, 2.45) is 0 Å². The van der Waals surface area contributed by atoms with Crippen LogP contribution in [0.2, 0.25) is 0 Å². The minimum Gasteiger partial charge on any atom is -0.497 e. The maximum Gasteiger partial charge on any atom is 0.220 e. The van der Waals surface area contributed by atoms with E-state index in [4.69, 9.17) is 18.9 Å². The molecule has 0 fully saturated rings. The van der Waals surface area contributed by atoms with Gasteiger partial charge in [0.05, 0.1) is 34.5 Å². The summed E-state index contributed by atoms with van der Waals surface area (Å²) in [4.78, 5) is 12.4. The topological polar surface area (TPSA) is 66.0 Å². The Morgan fingerprint density at radius 1 is 0.889 bits per heavy atom. The Hall–Kier alpha value is -2.89. The summed E-state index contributed by atoms with van der Waals surface area (Å²) in [6.45, 7) is 1.92. The summed E-state index contributed by atoms with van der Waals surface area (Å²) in [5.41, 5.74) is 1.88. The lowest BCUT2D eigenvalue weighted by atomic mass is 10.1. The van der Waals surface area contributed by atoms with E-state index in [0.717, 1.165) is 16.9 Å². The highest BCUT2D eigenvalue weighted by atomic mass is 16.5. The van der Waals surface area contributed by atoms with E-state index in [1.807, 2.05) is 43.3 Å². The molecule has 27 heavy (non-hydrogen) atoms. The zero-order valence-corrected chi connectivity index (χ0v) is 16.5. The first-order valence-corrected chi connectivity index (χ1v) is 8.74. The second-order valence-corrected chi connectivity index (χ2v) is 6.09. The summed E-state index contributed by atoms with van der Waals surface area (Å²) in [7, 11) is 6.41. The summed E-state index contributed by atoms with van der Waals surface area (Å²) in [5, 5.41) is 3.01. The maximum atomic E-state index is 12.4. The Morgan fingerprint density at radius 2 is 1.56 bits per heavy atom. The number of hydrogen-bond acceptors (Lipinski definition) is 5. The lowest BCUT2D eigenvalue weighted by Crippen LogP contribution is -2.27. The van der Waals surface area contributed by atoms with E-state index in [9.17, 15) is 4.79 Å². The maximum absolute atomic E-state index is 12.4. The van der Waals surface area contributed by atoms with Crippen LogP contribution < -0.4 is 24.3 Å². The highest BCUT2D eigenvalue weighted by Gasteiger charge is 2.15. The smallest absolute Gasteiger partial charge is 0.220 e. The average molecular weight is 373 g/mol. The van der Waals surface area contributed by atoms with Gasteiger partial charge >= 0.3 is 0 Å². The van der Waals surface area contributed by atoms with Crippen molar-refractivity contribution in [1.82, 2.24) is 5.32 Å². The summed E-state index contributed by atoms with van der Waals surface area (Å²) < 4.78 is 21.2. The van der Waals surface area contributed by atoms with Crippen LogP contribution in [0.5, 0.6) is 23.0 Å². The van der Waals surface area contributed by atoms with E-state index in [2.05, 4.69) is 5.32 Å². The molecule has 1 atom stereocenters. The first-order chi connectivity index (χ1) is 13.0. The van der Waals surface area contributed by atoms with Crippen molar-refractivity contribution in [2.45, 2.75) is 25.8 Å². The van der Waals surface area contributed by atoms with Gasteiger partial charge in [-0.15, -0.1) is 0 Å². The van der Waals surface area contributed by atoms with Gasteiger partial charge < -0.3 is 24.3 Å². The number of methoxy groups -OCH3 is 4. The van der Waals surface area contributed by atoms with Gasteiger partial charge in [-0.3, -0.25) is 4.79 Å². The summed E-state index contributed by atoms with van der Waals surface area (Å²) >= 11 is 0. The minimum atomic E-state index is -0.201. The van der Waals surface area contributed by atoms with Crippen molar-refractivity contribution in [1.29, 1.82) is 0 Å². The lowest BCUT2D eigenvalue weighted by Gasteiger charge is -2.18. The molecule has 6 nitrogen and oxygen atoms in total. The quantitative estimate of drug-likeness (QED) is 0.728. The molecule has 146 valence electrons. The van der Waals surface area contributed by atoms with E-state index < -0.39 is 0 Å². The molecule has 0 saturated heterocycles. The third-order valence-corrected chi connectivity index (χ3v) is 4.37. The normalized spacial score (nSPS) is 11.4. The highest BCUT2D eigenvalue weighted by molar-refractivity contribution is 5.77. The zero-order valence-electron chi connectivity index (χ0n) is 16.5. The van der Waals surface area contributed by atoms with Gasteiger partial charge in [-0.25, -0.2) is 0 Å². The first kappa shape index (κ1) is 20.4. The van der Waals surface area contributed by atoms with Crippen LogP contribution in [0.25, 0.3) is 0 Å². The molecule has 1 N–H and O–H groups in total. The molecular formula is C21H27NO5. The number of carbonyl (C=O) groups is 1. The highest BCUT2D eigenvalue weighted by Crippen LogP contribution is 2.30. The Morgan fingerprint density at radius 3 is 2.19 bits per heavy atom. The van der Waals surface area contributed by atoms with Crippen molar-refractivity contribution in [3.8, 4) is 23.0 Å². The number of amides is 1. The van der Waals surface area contributed by atoms with Gasteiger partial charge in [0.1, 0.15) is 11.5 Å². The van der Waals surface area contributed by atoms with Crippen molar-refractivity contribution < 1.29 is 23.7 Å². The predicted molar refractivity (Wildman–Crippen MR) is 104 cm³/mol. The number of aryl methyl sites for hydroxylation is 1. The molecule has 0 radical (unpaired) electrons. The van der Waals surface area contributed by atoms with E-state index >= 15 is 0 Å². The third-order valence-electron chi connectivity index (χ3n) is 4.37. The predicted octanol–water partition coefficient (Wildman–Crippen LogP) is 3.53. The number of rotatable bonds is 9. The van der Waals surface area contributed by atoms with Gasteiger partial charge in [-0.05, 0) is 49.2 Å². The standard InChI is InChI=1S/C21H27NO5/c1-14(17-13-16(24-2)8-10-18(17)25-3)22-21(23)11-7-15-6-9-19(26-4)20(12-15)27-5/h6,8-10,12-14H,7,11H2,1-5H3,(H,22,23)/t14-/m0/s1. The molecule has 0 aliphatic carbocycles. The first-order valence-electron chi connectivity index (χ1n) is 8.74. The van der Waals surface area contributed by atoms with Crippen LogP contribution in [0.15, 0.2) is 36.4 Å². The minimum absolute atomic E-state index is 0.0397. The molecule has 6 heteroatoms. The second kappa shape index (κ2) is 9.71. The fourth-order valence-corrected chi connectivity index (χ4v) is 2.86. The Bertz CT molecular complexity index is 775. The third kappa shape index (κ3) is 5.29. The molecule has 0 unspecified atom stereocenters. The Labute approximate surface area is 160 Å². The van der Waals surface area contributed by atoms with Crippen LogP contribution in [-0.2, 0) is 11.2 Å². The zero-order chi connectivity index (χ0) is 19.8. The molecule has 2 aromatic carbocycles. The van der Waals surface area contributed by atoms with E-state index in [1.54, 1.807) is 28.4 Å². The molecule has 0 bridgehead atoms. The molecule has 0 aromatic heterocycles. The van der Waals surface area contributed by atoms with Crippen LogP contribution in [-0.4, -0.2) is 34.3 Å². The summed E-state index contributed by atoms with van der Waals surface area (Å²) in [5.74, 6) is 2.72. The molecule has 0 aliphatic rings. The molecule has 1 amide bonds. The van der Waals surface area contributed by atoms with Gasteiger partial charge in [-0.2, -0.15) is 0 Å². The van der Waals surface area contributed by atoms with Crippen LogP contribution >= 0.6 is 0 Å². The monoisotopic (exact) mass is 373 g/mol. The van der Waals surface area contributed by atoms with Crippen molar-refractivity contribution in [2.75, 3.05) is 28.4 Å². The summed E-state index contributed by atoms with van der Waals surface area (Å²) in [6.07, 6.45) is 0.972. The number of carbonyl (C=O) groups excluding carboxylic acids is 1. The van der Waals surface area contributed by atoms with Crippen LogP contribution in [0.4, 0.5) is 0 Å². The molecule has 0 saturated carbocycles. The molecular weight excluding hydrogens is 346 g/mol. The van der Waals surface area contributed by atoms with Gasteiger partial charge in [0.15, 0.2) is 11.5 Å². The van der Waals surface area contributed by atoms with Gasteiger partial charge in [0.2, 0.25) is 5.91 Å². The fourth-order valence-electron chi connectivity index (χ4n) is 2.86. The lowest BCUT2D eigenvalue weighted by molar-refractivity contribution is -0.121. The fraction of sp³-hybridized carbons (Fsp3) is 0.381. The van der Waals surface area contributed by atoms with Gasteiger partial charge in [-0.1, -0.05) is 6.07 Å². The van der Waals surface area contributed by atoms with E-state index in [1.165, 1.54) is 0 Å². The molecule has 0 heterocycles. The van der Waals surface area contributed by atoms with Crippen molar-refractivity contribution >= 4 is 5.91 Å². The Kier molecular flexibility index (Phi) is 7.34. The molecule has 2 aromatic rings. The summed E-state index contributed by atoms with van der Waals surface area (Å²) in [6, 6.07) is 11.0. The SMILES string of the molecule is COc1ccc(OC)c([C@H](C)NC(=O)CCc2ccc(OC)c(OC)c2)c1. The van der Waals surface area contributed by atoms with Crippen molar-refractivity contribution in [3.05, 3.63) is 47.5 Å². The molecule has 0 spiro atoms. The van der Waals surface area contributed by atoms with E-state index in [0.29, 0.717) is 30.1 Å². The number of nitrogens with one attached hydrogen (secondary N) is 1. The number of hydrogen-bond donors (Lipinski definition) is 1. The largest absolute Gasteiger partial charge is 0.497 e. The van der Waals surface area contributed by atoms with Crippen LogP contribution in [0.3, 0.4) is 0 Å². The number of ether oxygens (including phenoxy) is 4. The van der Waals surface area contributed by atoms with Crippen molar-refractivity contribution in [3.63, 3.8) is 0 Å².